The molecular weight excluding hydrogens is 238 g/mol. The number of hydrogen-bond donors (Lipinski definition) is 1. The van der Waals surface area contributed by atoms with Gasteiger partial charge < -0.3 is 5.11 Å². The van der Waals surface area contributed by atoms with Crippen LogP contribution in [-0.2, 0) is 13.6 Å². The zero-order valence-electron chi connectivity index (χ0n) is 10.6. The van der Waals surface area contributed by atoms with Crippen LogP contribution in [0.1, 0.15) is 24.7 Å². The van der Waals surface area contributed by atoms with Gasteiger partial charge in [-0.25, -0.2) is 0 Å². The van der Waals surface area contributed by atoms with Gasteiger partial charge in [0.05, 0.1) is 22.5 Å². The molecule has 2 unspecified atom stereocenters. The molecule has 1 fully saturated rings. The third-order valence-corrected chi connectivity index (χ3v) is 4.12. The fourth-order valence-electron chi connectivity index (χ4n) is 2.46. The molecule has 0 spiro atoms. The maximum absolute atomic E-state index is 9.58. The van der Waals surface area contributed by atoms with Gasteiger partial charge in [0.1, 0.15) is 0 Å². The minimum absolute atomic E-state index is 0.219. The molecule has 1 N–H and O–H groups in total. The van der Waals surface area contributed by atoms with Gasteiger partial charge in [0.15, 0.2) is 0 Å². The number of likely N-dealkylation sites (tertiary alicyclic amines) is 1. The lowest BCUT2D eigenvalue weighted by molar-refractivity contribution is 0.127. The third-order valence-electron chi connectivity index (χ3n) is 3.63. The van der Waals surface area contributed by atoms with Crippen LogP contribution in [0.4, 0.5) is 0 Å². The van der Waals surface area contributed by atoms with Crippen LogP contribution >= 0.6 is 11.6 Å². The Hall–Kier alpha value is -0.580. The number of aryl methyl sites for hydroxylation is 2. The highest BCUT2D eigenvalue weighted by atomic mass is 35.5. The molecule has 1 aromatic rings. The maximum Gasteiger partial charge on any atom is 0.0860 e. The largest absolute Gasteiger partial charge is 0.393 e. The standard InChI is InChI=1S/C12H20ClN3O/c1-8-12(13)11(15(3)14-8)7-16-5-4-10(6-16)9(2)17/h9-10,17H,4-7H2,1-3H3. The van der Waals surface area contributed by atoms with E-state index in [-0.39, 0.29) is 6.10 Å². The summed E-state index contributed by atoms with van der Waals surface area (Å²) >= 11 is 6.23. The van der Waals surface area contributed by atoms with E-state index in [1.54, 1.807) is 0 Å². The van der Waals surface area contributed by atoms with Crippen LogP contribution in [0.5, 0.6) is 0 Å². The van der Waals surface area contributed by atoms with Gasteiger partial charge in [-0.3, -0.25) is 9.58 Å². The number of aliphatic hydroxyl groups excluding tert-OH is 1. The summed E-state index contributed by atoms with van der Waals surface area (Å²) in [5.41, 5.74) is 1.95. The van der Waals surface area contributed by atoms with E-state index in [9.17, 15) is 5.11 Å². The molecule has 4 nitrogen and oxygen atoms in total. The van der Waals surface area contributed by atoms with E-state index in [0.717, 1.165) is 42.5 Å². The van der Waals surface area contributed by atoms with E-state index in [1.165, 1.54) is 0 Å². The lowest BCUT2D eigenvalue weighted by Gasteiger charge is -2.17. The Morgan fingerprint density at radius 3 is 2.76 bits per heavy atom. The first kappa shape index (κ1) is 12.9. The van der Waals surface area contributed by atoms with Crippen molar-refractivity contribution < 1.29 is 5.11 Å². The summed E-state index contributed by atoms with van der Waals surface area (Å²) in [6, 6.07) is 0. The van der Waals surface area contributed by atoms with Crippen molar-refractivity contribution in [2.24, 2.45) is 13.0 Å². The van der Waals surface area contributed by atoms with Crippen LogP contribution in [-0.4, -0.2) is 39.0 Å². The number of nitrogens with zero attached hydrogens (tertiary/aromatic N) is 3. The lowest BCUT2D eigenvalue weighted by atomic mass is 10.0. The zero-order valence-corrected chi connectivity index (χ0v) is 11.4. The van der Waals surface area contributed by atoms with E-state index >= 15 is 0 Å². The SMILES string of the molecule is Cc1nn(C)c(CN2CCC(C(C)O)C2)c1Cl. The molecule has 0 aromatic carbocycles. The second kappa shape index (κ2) is 4.96. The van der Waals surface area contributed by atoms with Gasteiger partial charge in [0.25, 0.3) is 0 Å². The van der Waals surface area contributed by atoms with Crippen molar-refractivity contribution in [1.82, 2.24) is 14.7 Å². The Balaban J connectivity index is 2.03. The van der Waals surface area contributed by atoms with Crippen LogP contribution < -0.4 is 0 Å². The number of halogens is 1. The van der Waals surface area contributed by atoms with Gasteiger partial charge in [-0.2, -0.15) is 5.10 Å². The molecule has 0 bridgehead atoms. The van der Waals surface area contributed by atoms with Gasteiger partial charge >= 0.3 is 0 Å². The first-order chi connectivity index (χ1) is 7.99. The molecule has 1 aliphatic rings. The second-order valence-corrected chi connectivity index (χ2v) is 5.37. The molecule has 0 amide bonds. The number of aromatic nitrogens is 2. The molecule has 1 aromatic heterocycles. The molecule has 17 heavy (non-hydrogen) atoms. The van der Waals surface area contributed by atoms with Gasteiger partial charge in [0, 0.05) is 20.1 Å². The molecule has 2 heterocycles. The molecule has 96 valence electrons. The van der Waals surface area contributed by atoms with Gasteiger partial charge in [-0.1, -0.05) is 11.6 Å². The number of rotatable bonds is 3. The Labute approximate surface area is 107 Å². The van der Waals surface area contributed by atoms with Crippen molar-refractivity contribution in [3.8, 4) is 0 Å². The van der Waals surface area contributed by atoms with Crippen molar-refractivity contribution in [3.63, 3.8) is 0 Å². The topological polar surface area (TPSA) is 41.3 Å². The lowest BCUT2D eigenvalue weighted by Crippen LogP contribution is -2.25. The molecule has 2 rings (SSSR count). The highest BCUT2D eigenvalue weighted by Gasteiger charge is 2.27. The maximum atomic E-state index is 9.58. The van der Waals surface area contributed by atoms with Gasteiger partial charge in [-0.15, -0.1) is 0 Å². The van der Waals surface area contributed by atoms with Crippen molar-refractivity contribution in [1.29, 1.82) is 0 Å². The van der Waals surface area contributed by atoms with Crippen LogP contribution in [0.3, 0.4) is 0 Å². The Morgan fingerprint density at radius 1 is 1.59 bits per heavy atom. The molecule has 2 atom stereocenters. The molecule has 0 saturated carbocycles. The monoisotopic (exact) mass is 257 g/mol. The van der Waals surface area contributed by atoms with Gasteiger partial charge in [0.2, 0.25) is 0 Å². The Morgan fingerprint density at radius 2 is 2.29 bits per heavy atom. The molecule has 5 heteroatoms. The zero-order chi connectivity index (χ0) is 12.6. The summed E-state index contributed by atoms with van der Waals surface area (Å²) in [4.78, 5) is 2.33. The number of hydrogen-bond acceptors (Lipinski definition) is 3. The predicted molar refractivity (Wildman–Crippen MR) is 68.0 cm³/mol. The molecule has 1 aliphatic heterocycles. The van der Waals surface area contributed by atoms with E-state index in [0.29, 0.717) is 5.92 Å². The van der Waals surface area contributed by atoms with Gasteiger partial charge in [-0.05, 0) is 32.7 Å². The van der Waals surface area contributed by atoms with Crippen LogP contribution in [0.25, 0.3) is 0 Å². The van der Waals surface area contributed by atoms with Crippen molar-refractivity contribution in [2.45, 2.75) is 32.9 Å². The fraction of sp³-hybridized carbons (Fsp3) is 0.750. The molecular formula is C12H20ClN3O. The Bertz CT molecular complexity index is 403. The minimum Gasteiger partial charge on any atom is -0.393 e. The van der Waals surface area contributed by atoms with Crippen molar-refractivity contribution >= 4 is 11.6 Å². The van der Waals surface area contributed by atoms with E-state index in [4.69, 9.17) is 11.6 Å². The summed E-state index contributed by atoms with van der Waals surface area (Å²) < 4.78 is 1.85. The summed E-state index contributed by atoms with van der Waals surface area (Å²) in [5.74, 6) is 0.392. The van der Waals surface area contributed by atoms with Crippen molar-refractivity contribution in [2.75, 3.05) is 13.1 Å². The Kier molecular flexibility index (Phi) is 3.76. The quantitative estimate of drug-likeness (QED) is 0.894. The summed E-state index contributed by atoms with van der Waals surface area (Å²) in [5, 5.41) is 14.7. The van der Waals surface area contributed by atoms with E-state index in [2.05, 4.69) is 10.00 Å². The first-order valence-electron chi connectivity index (χ1n) is 6.07. The van der Waals surface area contributed by atoms with Crippen LogP contribution in [0.2, 0.25) is 5.02 Å². The highest BCUT2D eigenvalue weighted by Crippen LogP contribution is 2.25. The van der Waals surface area contributed by atoms with Crippen molar-refractivity contribution in [3.05, 3.63) is 16.4 Å². The molecule has 0 radical (unpaired) electrons. The molecule has 1 saturated heterocycles. The highest BCUT2D eigenvalue weighted by molar-refractivity contribution is 6.31. The summed E-state index contributed by atoms with van der Waals surface area (Å²) in [6.45, 7) is 6.58. The normalized spacial score (nSPS) is 23.2. The third kappa shape index (κ3) is 2.64. The average molecular weight is 258 g/mol. The van der Waals surface area contributed by atoms with Crippen LogP contribution in [0.15, 0.2) is 0 Å². The predicted octanol–water partition coefficient (Wildman–Crippen LogP) is 1.58. The summed E-state index contributed by atoms with van der Waals surface area (Å²) in [6.07, 6.45) is 0.843. The van der Waals surface area contributed by atoms with E-state index in [1.807, 2.05) is 25.6 Å². The molecule has 0 aliphatic carbocycles. The first-order valence-corrected chi connectivity index (χ1v) is 6.45. The average Bonchev–Trinajstić information content (AvgIpc) is 2.80. The minimum atomic E-state index is -0.219. The second-order valence-electron chi connectivity index (χ2n) is 4.99. The number of aliphatic hydroxyl groups is 1. The summed E-state index contributed by atoms with van der Waals surface area (Å²) in [7, 11) is 1.93. The fourth-order valence-corrected chi connectivity index (χ4v) is 2.68. The smallest absolute Gasteiger partial charge is 0.0860 e. The van der Waals surface area contributed by atoms with E-state index < -0.39 is 0 Å². The van der Waals surface area contributed by atoms with Crippen LogP contribution in [0, 0.1) is 12.8 Å².